The number of amides is 2. The van der Waals surface area contributed by atoms with Gasteiger partial charge in [0.25, 0.3) is 11.5 Å². The summed E-state index contributed by atoms with van der Waals surface area (Å²) in [6.07, 6.45) is 1.87. The zero-order valence-corrected chi connectivity index (χ0v) is 19.1. The van der Waals surface area contributed by atoms with Gasteiger partial charge in [0.05, 0.1) is 6.04 Å². The first-order chi connectivity index (χ1) is 15.5. The van der Waals surface area contributed by atoms with Crippen molar-refractivity contribution < 1.29 is 27.5 Å². The molecule has 0 aliphatic carbocycles. The average molecular weight is 481 g/mol. The molecule has 0 bridgehead atoms. The fraction of sp³-hybridized carbons (Fsp3) is 0.429. The fourth-order valence-electron chi connectivity index (χ4n) is 3.80. The summed E-state index contributed by atoms with van der Waals surface area (Å²) in [5.74, 6) is -3.27. The summed E-state index contributed by atoms with van der Waals surface area (Å²) in [5.41, 5.74) is -0.713. The smallest absolute Gasteiger partial charge is 0.296 e. The highest BCUT2D eigenvalue weighted by atomic mass is 32.2. The van der Waals surface area contributed by atoms with Gasteiger partial charge >= 0.3 is 0 Å². The van der Waals surface area contributed by atoms with Gasteiger partial charge < -0.3 is 15.3 Å². The van der Waals surface area contributed by atoms with Gasteiger partial charge in [0.2, 0.25) is 11.7 Å². The standard InChI is InChI=1S/C21H25FN4O6S/c1-3-25(16(27)12-33(2,31)32)15-5-4-10-26-19(15)24-17(18(28)21(26)30)20(29)23-11-13-6-8-14(22)9-7-13/h6-9,15,28H,3-5,10-12H2,1-2H3,(H,23,29). The Hall–Kier alpha value is -3.28. The predicted molar refractivity (Wildman–Crippen MR) is 117 cm³/mol. The van der Waals surface area contributed by atoms with Crippen LogP contribution in [0.2, 0.25) is 0 Å². The first-order valence-electron chi connectivity index (χ1n) is 10.3. The van der Waals surface area contributed by atoms with E-state index in [1.807, 2.05) is 0 Å². The minimum atomic E-state index is -3.58. The van der Waals surface area contributed by atoms with Gasteiger partial charge in [0, 0.05) is 25.9 Å². The van der Waals surface area contributed by atoms with Gasteiger partial charge in [-0.25, -0.2) is 17.8 Å². The number of carbonyl (C=O) groups excluding carboxylic acids is 2. The second kappa shape index (κ2) is 9.69. The fourth-order valence-corrected chi connectivity index (χ4v) is 4.42. The molecule has 0 saturated carbocycles. The zero-order valence-electron chi connectivity index (χ0n) is 18.2. The molecule has 2 aromatic rings. The average Bonchev–Trinajstić information content (AvgIpc) is 2.75. The van der Waals surface area contributed by atoms with Crippen molar-refractivity contribution in [3.8, 4) is 5.75 Å². The molecule has 33 heavy (non-hydrogen) atoms. The maximum atomic E-state index is 13.1. The van der Waals surface area contributed by atoms with Gasteiger partial charge in [-0.1, -0.05) is 12.1 Å². The van der Waals surface area contributed by atoms with Crippen molar-refractivity contribution in [2.24, 2.45) is 0 Å². The molecule has 1 aliphatic rings. The van der Waals surface area contributed by atoms with Crippen LogP contribution in [-0.2, 0) is 27.7 Å². The Morgan fingerprint density at radius 2 is 1.97 bits per heavy atom. The molecular formula is C21H25FN4O6S. The number of benzene rings is 1. The predicted octanol–water partition coefficient (Wildman–Crippen LogP) is 0.746. The highest BCUT2D eigenvalue weighted by Gasteiger charge is 2.34. The summed E-state index contributed by atoms with van der Waals surface area (Å²) < 4.78 is 37.5. The Morgan fingerprint density at radius 1 is 1.30 bits per heavy atom. The molecule has 2 amide bonds. The Labute approximate surface area is 190 Å². The lowest BCUT2D eigenvalue weighted by atomic mass is 10.0. The van der Waals surface area contributed by atoms with Crippen molar-refractivity contribution in [2.75, 3.05) is 18.6 Å². The monoisotopic (exact) mass is 480 g/mol. The van der Waals surface area contributed by atoms with Gasteiger partial charge in [-0.3, -0.25) is 19.0 Å². The summed E-state index contributed by atoms with van der Waals surface area (Å²) in [5, 5.41) is 12.9. The largest absolute Gasteiger partial charge is 0.501 e. The van der Waals surface area contributed by atoms with Crippen molar-refractivity contribution in [2.45, 2.75) is 38.9 Å². The van der Waals surface area contributed by atoms with Gasteiger partial charge in [0.1, 0.15) is 17.4 Å². The number of nitrogens with zero attached hydrogens (tertiary/aromatic N) is 3. The Kier molecular flexibility index (Phi) is 7.15. The summed E-state index contributed by atoms with van der Waals surface area (Å²) in [6, 6.07) is 4.70. The number of hydrogen-bond donors (Lipinski definition) is 2. The highest BCUT2D eigenvalue weighted by molar-refractivity contribution is 7.91. The Bertz CT molecular complexity index is 1230. The molecule has 1 atom stereocenters. The maximum Gasteiger partial charge on any atom is 0.296 e. The second-order valence-corrected chi connectivity index (χ2v) is 9.98. The summed E-state index contributed by atoms with van der Waals surface area (Å²) in [4.78, 5) is 43.6. The van der Waals surface area contributed by atoms with Gasteiger partial charge in [0.15, 0.2) is 15.5 Å². The molecule has 178 valence electrons. The lowest BCUT2D eigenvalue weighted by Gasteiger charge is -2.35. The van der Waals surface area contributed by atoms with Crippen LogP contribution in [0.3, 0.4) is 0 Å². The third kappa shape index (κ3) is 5.56. The maximum absolute atomic E-state index is 13.1. The number of carbonyl (C=O) groups is 2. The lowest BCUT2D eigenvalue weighted by molar-refractivity contribution is -0.131. The van der Waals surface area contributed by atoms with Crippen molar-refractivity contribution in [1.29, 1.82) is 0 Å². The van der Waals surface area contributed by atoms with Crippen LogP contribution < -0.4 is 10.9 Å². The Morgan fingerprint density at radius 3 is 2.58 bits per heavy atom. The van der Waals surface area contributed by atoms with Crippen LogP contribution >= 0.6 is 0 Å². The topological polar surface area (TPSA) is 139 Å². The van der Waals surface area contributed by atoms with E-state index < -0.39 is 56.3 Å². The minimum Gasteiger partial charge on any atom is -0.501 e. The molecule has 1 aliphatic heterocycles. The van der Waals surface area contributed by atoms with Crippen molar-refractivity contribution in [3.05, 3.63) is 57.5 Å². The summed E-state index contributed by atoms with van der Waals surface area (Å²) in [7, 11) is -3.58. The van der Waals surface area contributed by atoms with E-state index in [1.54, 1.807) is 6.92 Å². The molecule has 12 heteroatoms. The molecule has 1 aromatic heterocycles. The van der Waals surface area contributed by atoms with Crippen LogP contribution in [-0.4, -0.2) is 58.3 Å². The number of hydrogen-bond acceptors (Lipinski definition) is 7. The van der Waals surface area contributed by atoms with Gasteiger partial charge in [-0.05, 0) is 37.5 Å². The zero-order chi connectivity index (χ0) is 24.3. The molecule has 1 aromatic carbocycles. The summed E-state index contributed by atoms with van der Waals surface area (Å²) in [6.45, 7) is 2.09. The van der Waals surface area contributed by atoms with Gasteiger partial charge in [-0.2, -0.15) is 0 Å². The molecule has 3 rings (SSSR count). The van der Waals surface area contributed by atoms with E-state index in [0.29, 0.717) is 18.4 Å². The molecular weight excluding hydrogens is 455 g/mol. The van der Waals surface area contributed by atoms with E-state index in [2.05, 4.69) is 10.3 Å². The van der Waals surface area contributed by atoms with Crippen LogP contribution in [0.4, 0.5) is 4.39 Å². The van der Waals surface area contributed by atoms with Crippen LogP contribution in [0.15, 0.2) is 29.1 Å². The summed E-state index contributed by atoms with van der Waals surface area (Å²) >= 11 is 0. The number of halogens is 1. The first kappa shape index (κ1) is 24.4. The molecule has 0 saturated heterocycles. The third-order valence-corrected chi connectivity index (χ3v) is 6.11. The minimum absolute atomic E-state index is 0.00993. The molecule has 0 radical (unpaired) electrons. The van der Waals surface area contributed by atoms with E-state index >= 15 is 0 Å². The third-order valence-electron chi connectivity index (χ3n) is 5.34. The van der Waals surface area contributed by atoms with Crippen LogP contribution in [0.1, 0.15) is 47.7 Å². The van der Waals surface area contributed by atoms with Crippen molar-refractivity contribution in [1.82, 2.24) is 19.8 Å². The number of rotatable bonds is 7. The number of nitrogens with one attached hydrogen (secondary N) is 1. The second-order valence-electron chi connectivity index (χ2n) is 7.84. The first-order valence-corrected chi connectivity index (χ1v) is 12.4. The highest BCUT2D eigenvalue weighted by Crippen LogP contribution is 2.30. The number of aromatic nitrogens is 2. The number of sulfone groups is 1. The molecule has 0 fully saturated rings. The number of aromatic hydroxyl groups is 1. The normalized spacial score (nSPS) is 15.5. The Balaban J connectivity index is 1.93. The van der Waals surface area contributed by atoms with E-state index in [4.69, 9.17) is 0 Å². The molecule has 0 spiro atoms. The quantitative estimate of drug-likeness (QED) is 0.596. The van der Waals surface area contributed by atoms with Crippen LogP contribution in [0.25, 0.3) is 0 Å². The molecule has 2 N–H and O–H groups in total. The van der Waals surface area contributed by atoms with Crippen molar-refractivity contribution >= 4 is 21.7 Å². The van der Waals surface area contributed by atoms with Crippen molar-refractivity contribution in [3.63, 3.8) is 0 Å². The molecule has 1 unspecified atom stereocenters. The van der Waals surface area contributed by atoms with E-state index in [9.17, 15) is 32.3 Å². The van der Waals surface area contributed by atoms with E-state index in [1.165, 1.54) is 33.7 Å². The lowest BCUT2D eigenvalue weighted by Crippen LogP contribution is -2.44. The van der Waals surface area contributed by atoms with Crippen LogP contribution in [0.5, 0.6) is 5.75 Å². The van der Waals surface area contributed by atoms with E-state index in [0.717, 1.165) is 6.26 Å². The SMILES string of the molecule is CCN(C(=O)CS(C)(=O)=O)C1CCCn2c1nc(C(=O)NCc1ccc(F)cc1)c(O)c2=O. The van der Waals surface area contributed by atoms with Crippen LogP contribution in [0, 0.1) is 5.82 Å². The molecule has 10 nitrogen and oxygen atoms in total. The van der Waals surface area contributed by atoms with E-state index in [-0.39, 0.29) is 25.5 Å². The number of fused-ring (bicyclic) bond motifs is 1. The van der Waals surface area contributed by atoms with Gasteiger partial charge in [-0.15, -0.1) is 0 Å². The molecule has 2 heterocycles.